The number of rotatable bonds is 4. The second-order valence-corrected chi connectivity index (χ2v) is 5.53. The lowest BCUT2D eigenvalue weighted by Gasteiger charge is -2.29. The fourth-order valence-corrected chi connectivity index (χ4v) is 2.58. The Morgan fingerprint density at radius 1 is 1.43 bits per heavy atom. The van der Waals surface area contributed by atoms with Crippen molar-refractivity contribution < 1.29 is 19.1 Å². The molecule has 2 N–H and O–H groups in total. The molecule has 1 atom stereocenters. The van der Waals surface area contributed by atoms with E-state index in [2.05, 4.69) is 5.32 Å². The second-order valence-electron chi connectivity index (χ2n) is 5.53. The highest BCUT2D eigenvalue weighted by Gasteiger charge is 2.35. The molecule has 0 bridgehead atoms. The number of carbonyl (C=O) groups is 2. The van der Waals surface area contributed by atoms with Gasteiger partial charge in [-0.3, -0.25) is 9.59 Å². The number of nitrogens with one attached hydrogen (secondary N) is 1. The summed E-state index contributed by atoms with van der Waals surface area (Å²) in [7, 11) is 0. The fourth-order valence-electron chi connectivity index (χ4n) is 2.58. The molecule has 2 amide bonds. The van der Waals surface area contributed by atoms with E-state index in [1.165, 1.54) is 12.1 Å². The van der Waals surface area contributed by atoms with Crippen LogP contribution in [0.4, 0.5) is 10.1 Å². The minimum atomic E-state index is -0.710. The molecule has 0 aromatic heterocycles. The van der Waals surface area contributed by atoms with Crippen LogP contribution < -0.4 is 5.32 Å². The number of phenols is 1. The Morgan fingerprint density at radius 2 is 2.14 bits per heavy atom. The molecule has 1 heterocycles. The maximum absolute atomic E-state index is 13.7. The summed E-state index contributed by atoms with van der Waals surface area (Å²) in [5, 5.41) is 11.7. The van der Waals surface area contributed by atoms with E-state index in [1.807, 2.05) is 13.8 Å². The molecule has 1 saturated heterocycles. The number of hydrogen-bond donors (Lipinski definition) is 2. The van der Waals surface area contributed by atoms with Crippen molar-refractivity contribution in [2.45, 2.75) is 32.7 Å². The van der Waals surface area contributed by atoms with E-state index in [0.717, 1.165) is 12.5 Å². The molecular weight excluding hydrogens is 275 g/mol. The normalized spacial score (nSPS) is 16.4. The highest BCUT2D eigenvalue weighted by molar-refractivity contribution is 5.97. The van der Waals surface area contributed by atoms with Crippen molar-refractivity contribution in [1.29, 1.82) is 0 Å². The third-order valence-electron chi connectivity index (χ3n) is 3.56. The average Bonchev–Trinajstić information content (AvgIpc) is 2.79. The van der Waals surface area contributed by atoms with Crippen molar-refractivity contribution in [2.24, 2.45) is 5.92 Å². The van der Waals surface area contributed by atoms with Crippen LogP contribution in [0.15, 0.2) is 18.2 Å². The lowest BCUT2D eigenvalue weighted by Crippen LogP contribution is -2.48. The molecule has 0 spiro atoms. The zero-order valence-electron chi connectivity index (χ0n) is 12.1. The van der Waals surface area contributed by atoms with Gasteiger partial charge in [-0.15, -0.1) is 0 Å². The molecule has 1 aromatic rings. The summed E-state index contributed by atoms with van der Waals surface area (Å²) in [6.07, 6.45) is 1.19. The Morgan fingerprint density at radius 3 is 2.67 bits per heavy atom. The van der Waals surface area contributed by atoms with Gasteiger partial charge < -0.3 is 15.3 Å². The van der Waals surface area contributed by atoms with E-state index in [1.54, 1.807) is 4.90 Å². The van der Waals surface area contributed by atoms with E-state index in [0.29, 0.717) is 13.0 Å². The molecule has 1 aromatic carbocycles. The summed E-state index contributed by atoms with van der Waals surface area (Å²) in [6.45, 7) is 4.25. The highest BCUT2D eigenvalue weighted by atomic mass is 19.1. The average molecular weight is 294 g/mol. The second kappa shape index (κ2) is 6.11. The summed E-state index contributed by atoms with van der Waals surface area (Å²) in [4.78, 5) is 25.8. The zero-order valence-corrected chi connectivity index (χ0v) is 12.1. The molecule has 0 saturated carbocycles. The number of carbonyl (C=O) groups excluding carboxylic acids is 2. The molecule has 0 unspecified atom stereocenters. The number of hydrogen-bond acceptors (Lipinski definition) is 3. The molecule has 1 aliphatic rings. The minimum absolute atomic E-state index is 0.00454. The quantitative estimate of drug-likeness (QED) is 0.836. The van der Waals surface area contributed by atoms with Gasteiger partial charge in [-0.05, 0) is 24.5 Å². The van der Waals surface area contributed by atoms with Gasteiger partial charge in [0.05, 0.1) is 5.69 Å². The number of likely N-dealkylation sites (tertiary alicyclic amines) is 1. The van der Waals surface area contributed by atoms with Crippen LogP contribution in [0, 0.1) is 11.7 Å². The predicted molar refractivity (Wildman–Crippen MR) is 76.3 cm³/mol. The first-order valence-electron chi connectivity index (χ1n) is 6.99. The molecular formula is C15H19FN2O3. The van der Waals surface area contributed by atoms with E-state index in [9.17, 15) is 19.1 Å². The summed E-state index contributed by atoms with van der Waals surface area (Å²) in [6, 6.07) is 2.91. The Kier molecular flexibility index (Phi) is 4.45. The molecule has 21 heavy (non-hydrogen) atoms. The smallest absolute Gasteiger partial charge is 0.247 e. The highest BCUT2D eigenvalue weighted by Crippen LogP contribution is 2.23. The number of anilines is 1. The zero-order chi connectivity index (χ0) is 15.6. The largest absolute Gasteiger partial charge is 0.508 e. The van der Waals surface area contributed by atoms with Gasteiger partial charge in [-0.25, -0.2) is 4.39 Å². The topological polar surface area (TPSA) is 69.6 Å². The first-order valence-corrected chi connectivity index (χ1v) is 6.99. The number of halogens is 1. The molecule has 6 heteroatoms. The van der Waals surface area contributed by atoms with Crippen LogP contribution in [0.2, 0.25) is 0 Å². The Hall–Kier alpha value is -2.11. The molecule has 0 radical (unpaired) electrons. The Balaban J connectivity index is 2.17. The van der Waals surface area contributed by atoms with Crippen LogP contribution in [0.5, 0.6) is 5.75 Å². The van der Waals surface area contributed by atoms with Crippen LogP contribution >= 0.6 is 0 Å². The lowest BCUT2D eigenvalue weighted by atomic mass is 10.0. The lowest BCUT2D eigenvalue weighted by molar-refractivity contribution is -0.136. The maximum Gasteiger partial charge on any atom is 0.247 e. The van der Waals surface area contributed by atoms with Gasteiger partial charge in [0.2, 0.25) is 11.8 Å². The first-order chi connectivity index (χ1) is 9.90. The van der Waals surface area contributed by atoms with Gasteiger partial charge in [-0.2, -0.15) is 0 Å². The third-order valence-corrected chi connectivity index (χ3v) is 3.56. The third kappa shape index (κ3) is 3.32. The van der Waals surface area contributed by atoms with Gasteiger partial charge in [0, 0.05) is 19.0 Å². The predicted octanol–water partition coefficient (Wildman–Crippen LogP) is 2.12. The monoisotopic (exact) mass is 294 g/mol. The van der Waals surface area contributed by atoms with Gasteiger partial charge in [0.1, 0.15) is 17.6 Å². The van der Waals surface area contributed by atoms with Crippen LogP contribution in [0.25, 0.3) is 0 Å². The number of aromatic hydroxyl groups is 1. The number of phenolic OH excluding ortho intramolecular Hbond substituents is 1. The molecule has 5 nitrogen and oxygen atoms in total. The van der Waals surface area contributed by atoms with E-state index >= 15 is 0 Å². The SMILES string of the molecule is CC(C)[C@H](C(=O)Nc1ccc(O)cc1F)N1CCCC1=O. The van der Waals surface area contributed by atoms with Crippen molar-refractivity contribution in [1.82, 2.24) is 4.90 Å². The van der Waals surface area contributed by atoms with Crippen LogP contribution in [0.1, 0.15) is 26.7 Å². The van der Waals surface area contributed by atoms with Crippen molar-refractivity contribution in [3.05, 3.63) is 24.0 Å². The molecule has 1 aliphatic heterocycles. The summed E-state index contributed by atoms with van der Waals surface area (Å²) < 4.78 is 13.7. The Bertz CT molecular complexity index is 560. The van der Waals surface area contributed by atoms with Gasteiger partial charge >= 0.3 is 0 Å². The number of amides is 2. The van der Waals surface area contributed by atoms with Crippen molar-refractivity contribution in [2.75, 3.05) is 11.9 Å². The van der Waals surface area contributed by atoms with Crippen molar-refractivity contribution >= 4 is 17.5 Å². The van der Waals surface area contributed by atoms with E-state index < -0.39 is 17.8 Å². The Labute approximate surface area is 122 Å². The number of nitrogens with zero attached hydrogens (tertiary/aromatic N) is 1. The summed E-state index contributed by atoms with van der Waals surface area (Å²) in [5.41, 5.74) is -0.00454. The first kappa shape index (κ1) is 15.3. The van der Waals surface area contributed by atoms with Crippen molar-refractivity contribution in [3.63, 3.8) is 0 Å². The van der Waals surface area contributed by atoms with Crippen LogP contribution in [-0.4, -0.2) is 34.4 Å². The number of benzene rings is 1. The minimum Gasteiger partial charge on any atom is -0.508 e. The summed E-state index contributed by atoms with van der Waals surface area (Å²) >= 11 is 0. The van der Waals surface area contributed by atoms with E-state index in [-0.39, 0.29) is 23.3 Å². The molecule has 1 fully saturated rings. The van der Waals surface area contributed by atoms with Gasteiger partial charge in [0.25, 0.3) is 0 Å². The maximum atomic E-state index is 13.7. The van der Waals surface area contributed by atoms with Crippen LogP contribution in [-0.2, 0) is 9.59 Å². The van der Waals surface area contributed by atoms with Gasteiger partial charge in [-0.1, -0.05) is 13.8 Å². The van der Waals surface area contributed by atoms with Crippen molar-refractivity contribution in [3.8, 4) is 5.75 Å². The molecule has 0 aliphatic carbocycles. The molecule has 114 valence electrons. The van der Waals surface area contributed by atoms with Crippen LogP contribution in [0.3, 0.4) is 0 Å². The molecule has 2 rings (SSSR count). The summed E-state index contributed by atoms with van der Waals surface area (Å²) in [5.74, 6) is -1.45. The van der Waals surface area contributed by atoms with E-state index in [4.69, 9.17) is 0 Å². The van der Waals surface area contributed by atoms with Gasteiger partial charge in [0.15, 0.2) is 0 Å². The standard InChI is InChI=1S/C15H19FN2O3/c1-9(2)14(18-7-3-4-13(18)20)15(21)17-12-6-5-10(19)8-11(12)16/h5-6,8-9,14,19H,3-4,7H2,1-2H3,(H,17,21)/t14-/m1/s1. The fraction of sp³-hybridized carbons (Fsp3) is 0.467.